The van der Waals surface area contributed by atoms with Gasteiger partial charge in [0.25, 0.3) is 0 Å². The van der Waals surface area contributed by atoms with Gasteiger partial charge in [-0.25, -0.2) is 23.1 Å². The lowest BCUT2D eigenvalue weighted by Gasteiger charge is -2.39. The molecular formula is C56H66F3N11O6S. The first-order chi connectivity index (χ1) is 36.9. The van der Waals surface area contributed by atoms with Gasteiger partial charge in [-0.1, -0.05) is 63.2 Å². The lowest BCUT2D eigenvalue weighted by atomic mass is 9.85. The fraction of sp³-hybridized carbons (Fsp3) is 0.446. The van der Waals surface area contributed by atoms with Gasteiger partial charge in [-0.2, -0.15) is 12.7 Å². The van der Waals surface area contributed by atoms with Crippen LogP contribution in [0.1, 0.15) is 85.5 Å². The Kier molecular flexibility index (Phi) is 15.6. The Morgan fingerprint density at radius 3 is 2.29 bits per heavy atom. The molecule has 408 valence electrons. The maximum Gasteiger partial charge on any atom is 0.301 e. The van der Waals surface area contributed by atoms with Crippen LogP contribution in [-0.4, -0.2) is 160 Å². The number of carbonyl (C=O) groups excluding carboxylic acids is 3. The number of β-amino-alcohol motifs (C(OH)–C–C–N with tert-alkyl or cyclic N) is 1. The summed E-state index contributed by atoms with van der Waals surface area (Å²) in [6.45, 7) is 11.6. The van der Waals surface area contributed by atoms with Crippen molar-refractivity contribution in [1.29, 1.82) is 0 Å². The van der Waals surface area contributed by atoms with Crippen LogP contribution in [0.3, 0.4) is 0 Å². The number of nitrogens with one attached hydrogen (secondary N) is 4. The Morgan fingerprint density at radius 2 is 1.58 bits per heavy atom. The number of aliphatic hydroxyl groups is 1. The second kappa shape index (κ2) is 22.4. The molecule has 4 saturated heterocycles. The van der Waals surface area contributed by atoms with E-state index in [0.717, 1.165) is 97.6 Å². The minimum atomic E-state index is -4.37. The van der Waals surface area contributed by atoms with Gasteiger partial charge >= 0.3 is 10.2 Å². The number of hydrogen-bond acceptors (Lipinski definition) is 11. The summed E-state index contributed by atoms with van der Waals surface area (Å²) in [6.07, 6.45) is 5.76. The summed E-state index contributed by atoms with van der Waals surface area (Å²) in [7, 11) is -4.37. The number of hydrogen-bond donors (Lipinski definition) is 5. The zero-order chi connectivity index (χ0) is 54.2. The van der Waals surface area contributed by atoms with Crippen LogP contribution in [0, 0.1) is 23.0 Å². The van der Waals surface area contributed by atoms with Crippen LogP contribution in [0.15, 0.2) is 91.4 Å². The van der Waals surface area contributed by atoms with Gasteiger partial charge in [0.15, 0.2) is 5.82 Å². The summed E-state index contributed by atoms with van der Waals surface area (Å²) in [6, 6.07) is 20.3. The molecule has 3 aromatic heterocycles. The molecule has 6 aromatic rings. The highest BCUT2D eigenvalue weighted by molar-refractivity contribution is 7.90. The average Bonchev–Trinajstić information content (AvgIpc) is 4.25. The first-order valence-electron chi connectivity index (χ1n) is 26.4. The summed E-state index contributed by atoms with van der Waals surface area (Å²) in [5.41, 5.74) is 2.73. The number of halogens is 3. The third-order valence-electron chi connectivity index (χ3n) is 15.5. The van der Waals surface area contributed by atoms with E-state index in [1.165, 1.54) is 6.20 Å². The molecule has 0 saturated carbocycles. The molecular weight excluding hydrogens is 1010 g/mol. The normalized spacial score (nSPS) is 20.7. The Hall–Kier alpha value is -6.65. The number of nitrogens with zero attached hydrogens (tertiary/aromatic N) is 7. The molecule has 0 aliphatic carbocycles. The molecule has 2 unspecified atom stereocenters. The van der Waals surface area contributed by atoms with E-state index in [1.807, 2.05) is 68.0 Å². The van der Waals surface area contributed by atoms with Crippen LogP contribution >= 0.6 is 0 Å². The number of ketones is 1. The number of piperidine rings is 1. The molecule has 0 bridgehead atoms. The van der Waals surface area contributed by atoms with Crippen molar-refractivity contribution in [2.45, 2.75) is 77.2 Å². The summed E-state index contributed by atoms with van der Waals surface area (Å²) in [5, 5.41) is 14.2. The van der Waals surface area contributed by atoms with E-state index < -0.39 is 75.2 Å². The molecule has 4 atom stereocenters. The number of amides is 2. The van der Waals surface area contributed by atoms with E-state index in [1.54, 1.807) is 23.4 Å². The zero-order valence-electron chi connectivity index (χ0n) is 43.5. The number of alkyl halides is 1. The molecule has 5 N–H and O–H groups in total. The van der Waals surface area contributed by atoms with Crippen LogP contribution < -0.4 is 14.9 Å². The predicted octanol–water partition coefficient (Wildman–Crippen LogP) is 6.45. The first-order valence-corrected chi connectivity index (χ1v) is 27.9. The lowest BCUT2D eigenvalue weighted by molar-refractivity contribution is -0.141. The minimum Gasteiger partial charge on any atom is -0.391 e. The number of imidazole rings is 1. The molecule has 2 amide bonds. The second-order valence-corrected chi connectivity index (χ2v) is 23.7. The summed E-state index contributed by atoms with van der Waals surface area (Å²) in [5.74, 6) is -2.85. The highest BCUT2D eigenvalue weighted by atomic mass is 32.2. The molecule has 17 nitrogen and oxygen atoms in total. The number of carbonyl (C=O) groups is 3. The van der Waals surface area contributed by atoms with E-state index in [4.69, 9.17) is 0 Å². The number of pyridine rings is 1. The molecule has 7 heterocycles. The average molecular weight is 1080 g/mol. The third kappa shape index (κ3) is 12.1. The van der Waals surface area contributed by atoms with Crippen molar-refractivity contribution in [3.63, 3.8) is 0 Å². The van der Waals surface area contributed by atoms with Crippen molar-refractivity contribution < 1.29 is 41.1 Å². The number of piperazine rings is 1. The number of aromatic amines is 2. The smallest absolute Gasteiger partial charge is 0.301 e. The summed E-state index contributed by atoms with van der Waals surface area (Å²) in [4.78, 5) is 65.8. The fourth-order valence-corrected chi connectivity index (χ4v) is 12.4. The number of aromatic nitrogens is 4. The standard InChI is InChI=1S/C56H66F3N11O6S/c1-56(2,3)52(55(74)70-33-42(71)27-47(70)54-61-29-40(63-54)25-35-7-5-4-6-8-35)64-48(72)34-67-23-21-66(22-24-67)31-36-15-18-68(19-16-36)41-11-9-37(10-12-41)38-26-43-44(30-62-53(43)60-28-38)51(73)49-45(58)13-14-46(50(49)59)65-77(75,76)69-20-17-39(57)32-69/h4-14,26,28-30,36,39,42,47,52,65,71H,15-25,27,31-34H2,1-3H3,(H,60,62)(H,61,63)(H,64,72)/t39-,42-,47?,52?/m1/s1. The molecule has 0 radical (unpaired) electrons. The molecule has 21 heteroatoms. The van der Waals surface area contributed by atoms with Crippen molar-refractivity contribution >= 4 is 50.2 Å². The van der Waals surface area contributed by atoms with Crippen LogP contribution in [0.4, 0.5) is 24.5 Å². The first kappa shape index (κ1) is 53.7. The Bertz CT molecular complexity index is 3210. The Morgan fingerprint density at radius 1 is 0.857 bits per heavy atom. The van der Waals surface area contributed by atoms with E-state index in [0.29, 0.717) is 41.2 Å². The Balaban J connectivity index is 0.692. The van der Waals surface area contributed by atoms with Crippen molar-refractivity contribution in [1.82, 2.24) is 44.3 Å². The highest BCUT2D eigenvalue weighted by Crippen LogP contribution is 2.35. The molecule has 10 rings (SSSR count). The minimum absolute atomic E-state index is 0.000538. The number of anilines is 2. The van der Waals surface area contributed by atoms with Gasteiger partial charge in [0.2, 0.25) is 17.6 Å². The summed E-state index contributed by atoms with van der Waals surface area (Å²) >= 11 is 0. The fourth-order valence-electron chi connectivity index (χ4n) is 11.2. The largest absolute Gasteiger partial charge is 0.391 e. The van der Waals surface area contributed by atoms with Gasteiger partial charge in [0.1, 0.15) is 29.5 Å². The highest BCUT2D eigenvalue weighted by Gasteiger charge is 2.44. The maximum absolute atomic E-state index is 15.8. The maximum atomic E-state index is 15.8. The monoisotopic (exact) mass is 1080 g/mol. The van der Waals surface area contributed by atoms with E-state index in [-0.39, 0.29) is 43.4 Å². The predicted molar refractivity (Wildman–Crippen MR) is 287 cm³/mol. The SMILES string of the molecule is CC(C)(C)C(NC(=O)CN1CCN(CC2CCN(c3ccc(-c4cnc5[nH]cc(C(=O)c6c(F)ccc(NS(=O)(=O)N7CC[C@@H](F)C7)c6F)c5c4)cc3)CC2)CC1)C(=O)N1C[C@H](O)CC1c1ncc(Cc2ccccc2)[nH]1. The molecule has 3 aromatic carbocycles. The zero-order valence-corrected chi connectivity index (χ0v) is 44.3. The third-order valence-corrected chi connectivity index (χ3v) is 17.0. The van der Waals surface area contributed by atoms with Crippen LogP contribution in [-0.2, 0) is 26.2 Å². The number of benzene rings is 3. The van der Waals surface area contributed by atoms with Crippen molar-refractivity contribution in [3.8, 4) is 11.1 Å². The van der Waals surface area contributed by atoms with Gasteiger partial charge in [0, 0.05) is 125 Å². The number of aliphatic hydroxyl groups excluding tert-OH is 1. The van der Waals surface area contributed by atoms with E-state index >= 15 is 8.78 Å². The van der Waals surface area contributed by atoms with Crippen molar-refractivity contribution in [2.24, 2.45) is 11.3 Å². The van der Waals surface area contributed by atoms with Crippen LogP contribution in [0.25, 0.3) is 22.2 Å². The topological polar surface area (TPSA) is 203 Å². The van der Waals surface area contributed by atoms with Gasteiger partial charge < -0.3 is 35.1 Å². The molecule has 77 heavy (non-hydrogen) atoms. The number of rotatable bonds is 16. The number of likely N-dealkylation sites (tertiary alicyclic amines) is 1. The van der Waals surface area contributed by atoms with Crippen molar-refractivity contribution in [2.75, 3.05) is 81.6 Å². The van der Waals surface area contributed by atoms with Crippen LogP contribution in [0.2, 0.25) is 0 Å². The van der Waals surface area contributed by atoms with E-state index in [9.17, 15) is 32.3 Å². The molecule has 4 fully saturated rings. The van der Waals surface area contributed by atoms with Gasteiger partial charge in [0.05, 0.1) is 29.9 Å². The molecule has 0 spiro atoms. The van der Waals surface area contributed by atoms with Crippen molar-refractivity contribution in [3.05, 3.63) is 131 Å². The molecule has 4 aliphatic heterocycles. The van der Waals surface area contributed by atoms with Gasteiger partial charge in [-0.05, 0) is 72.1 Å². The quantitative estimate of drug-likeness (QED) is 0.0667. The summed E-state index contributed by atoms with van der Waals surface area (Å²) < 4.78 is 73.4. The number of fused-ring (bicyclic) bond motifs is 1. The molecule has 4 aliphatic rings. The van der Waals surface area contributed by atoms with E-state index in [2.05, 4.69) is 52.1 Å². The number of H-pyrrole nitrogens is 2. The van der Waals surface area contributed by atoms with Gasteiger partial charge in [-0.15, -0.1) is 0 Å². The second-order valence-electron chi connectivity index (χ2n) is 22.1. The van der Waals surface area contributed by atoms with Gasteiger partial charge in [-0.3, -0.25) is 24.0 Å². The van der Waals surface area contributed by atoms with Crippen LogP contribution in [0.5, 0.6) is 0 Å². The lowest BCUT2D eigenvalue weighted by Crippen LogP contribution is -2.57. The Labute approximate surface area is 446 Å².